The lowest BCUT2D eigenvalue weighted by molar-refractivity contribution is 0.324. The van der Waals surface area contributed by atoms with E-state index in [1.807, 2.05) is 43.3 Å². The summed E-state index contributed by atoms with van der Waals surface area (Å²) >= 11 is 3.50. The van der Waals surface area contributed by atoms with Crippen molar-refractivity contribution in [2.45, 2.75) is 6.92 Å². The number of halogens is 1. The van der Waals surface area contributed by atoms with E-state index >= 15 is 0 Å². The second-order valence-corrected chi connectivity index (χ2v) is 5.67. The maximum absolute atomic E-state index is 5.61. The van der Waals surface area contributed by atoms with Gasteiger partial charge in [-0.2, -0.15) is 0 Å². The molecule has 0 N–H and O–H groups in total. The van der Waals surface area contributed by atoms with Crippen LogP contribution in [0.2, 0.25) is 0 Å². The van der Waals surface area contributed by atoms with Crippen molar-refractivity contribution in [2.24, 2.45) is 4.99 Å². The minimum atomic E-state index is 0.411. The highest BCUT2D eigenvalue weighted by atomic mass is 79.9. The molecule has 5 heteroatoms. The smallest absolute Gasteiger partial charge is 0.175 e. The van der Waals surface area contributed by atoms with Gasteiger partial charge >= 0.3 is 0 Å². The van der Waals surface area contributed by atoms with E-state index in [-0.39, 0.29) is 0 Å². The van der Waals surface area contributed by atoms with Crippen LogP contribution in [0.4, 0.5) is 5.69 Å². The Morgan fingerprint density at radius 3 is 2.54 bits per heavy atom. The monoisotopic (exact) mass is 389 g/mol. The Bertz CT molecular complexity index is 711. The summed E-state index contributed by atoms with van der Waals surface area (Å²) in [6.07, 6.45) is 3.47. The van der Waals surface area contributed by atoms with Crippen molar-refractivity contribution in [3.05, 3.63) is 59.1 Å². The molecular weight excluding hydrogens is 370 g/mol. The van der Waals surface area contributed by atoms with Crippen LogP contribution in [-0.4, -0.2) is 26.5 Å². The van der Waals surface area contributed by atoms with E-state index in [4.69, 9.17) is 14.2 Å². The third-order valence-corrected chi connectivity index (χ3v) is 3.70. The number of hydrogen-bond acceptors (Lipinski definition) is 4. The summed E-state index contributed by atoms with van der Waals surface area (Å²) < 4.78 is 17.2. The van der Waals surface area contributed by atoms with E-state index in [0.717, 1.165) is 21.5 Å². The van der Waals surface area contributed by atoms with Crippen LogP contribution in [0, 0.1) is 0 Å². The maximum atomic E-state index is 5.61. The Labute approximate surface area is 150 Å². The lowest BCUT2D eigenvalue weighted by Crippen LogP contribution is -1.98. The van der Waals surface area contributed by atoms with Crippen molar-refractivity contribution in [3.8, 4) is 17.2 Å². The fourth-order valence-corrected chi connectivity index (χ4v) is 2.62. The molecule has 4 nitrogen and oxygen atoms in total. The van der Waals surface area contributed by atoms with Gasteiger partial charge in [-0.15, -0.1) is 0 Å². The lowest BCUT2D eigenvalue weighted by Gasteiger charge is -2.12. The SMILES string of the molecule is C=CCOc1c(Br)cc(C=Nc2ccc(OCC)cc2)cc1OC. The van der Waals surface area contributed by atoms with Crippen LogP contribution in [0.5, 0.6) is 17.2 Å². The molecule has 24 heavy (non-hydrogen) atoms. The van der Waals surface area contributed by atoms with Crippen LogP contribution in [0.3, 0.4) is 0 Å². The minimum absolute atomic E-state index is 0.411. The number of rotatable bonds is 8. The Morgan fingerprint density at radius 1 is 1.17 bits per heavy atom. The molecule has 0 unspecified atom stereocenters. The third kappa shape index (κ3) is 4.86. The first kappa shape index (κ1) is 18.1. The van der Waals surface area contributed by atoms with Crippen LogP contribution in [-0.2, 0) is 0 Å². The summed E-state index contributed by atoms with van der Waals surface area (Å²) in [6, 6.07) is 11.4. The summed E-state index contributed by atoms with van der Waals surface area (Å²) in [4.78, 5) is 4.47. The molecule has 0 atom stereocenters. The van der Waals surface area contributed by atoms with Crippen molar-refractivity contribution >= 4 is 27.8 Å². The molecular formula is C19H20BrNO3. The van der Waals surface area contributed by atoms with Crippen LogP contribution in [0.25, 0.3) is 0 Å². The molecule has 0 aliphatic heterocycles. The van der Waals surface area contributed by atoms with Crippen molar-refractivity contribution in [1.82, 2.24) is 0 Å². The highest BCUT2D eigenvalue weighted by Gasteiger charge is 2.10. The Kier molecular flexibility index (Phi) is 6.88. The van der Waals surface area contributed by atoms with Crippen molar-refractivity contribution < 1.29 is 14.2 Å². The quantitative estimate of drug-likeness (QED) is 0.461. The largest absolute Gasteiger partial charge is 0.494 e. The lowest BCUT2D eigenvalue weighted by atomic mass is 10.2. The van der Waals surface area contributed by atoms with Gasteiger partial charge in [0.05, 0.1) is 23.9 Å². The Balaban J connectivity index is 2.19. The van der Waals surface area contributed by atoms with Gasteiger partial charge in [0, 0.05) is 6.21 Å². The molecule has 0 saturated carbocycles. The number of aliphatic imine (C=N–C) groups is 1. The van der Waals surface area contributed by atoms with E-state index < -0.39 is 0 Å². The molecule has 0 spiro atoms. The first-order valence-corrected chi connectivity index (χ1v) is 8.35. The zero-order valence-electron chi connectivity index (χ0n) is 13.8. The number of ether oxygens (including phenoxy) is 3. The Morgan fingerprint density at radius 2 is 1.92 bits per heavy atom. The number of methoxy groups -OCH3 is 1. The van der Waals surface area contributed by atoms with Crippen LogP contribution in [0.1, 0.15) is 12.5 Å². The van der Waals surface area contributed by atoms with Crippen molar-refractivity contribution in [3.63, 3.8) is 0 Å². The molecule has 0 radical (unpaired) electrons. The van der Waals surface area contributed by atoms with E-state index in [0.29, 0.717) is 24.7 Å². The van der Waals surface area contributed by atoms with Gasteiger partial charge in [-0.1, -0.05) is 12.7 Å². The fourth-order valence-electron chi connectivity index (χ4n) is 2.04. The predicted molar refractivity (Wildman–Crippen MR) is 101 cm³/mol. The van der Waals surface area contributed by atoms with E-state index in [1.54, 1.807) is 19.4 Å². The van der Waals surface area contributed by atoms with Crippen LogP contribution >= 0.6 is 15.9 Å². The van der Waals surface area contributed by atoms with Gasteiger partial charge < -0.3 is 14.2 Å². The fraction of sp³-hybridized carbons (Fsp3) is 0.211. The van der Waals surface area contributed by atoms with Gasteiger partial charge in [-0.3, -0.25) is 4.99 Å². The van der Waals surface area contributed by atoms with Gasteiger partial charge in [-0.25, -0.2) is 0 Å². The molecule has 0 bridgehead atoms. The van der Waals surface area contributed by atoms with Gasteiger partial charge in [-0.05, 0) is 64.8 Å². The Hall–Kier alpha value is -2.27. The molecule has 0 amide bonds. The molecule has 0 aromatic heterocycles. The van der Waals surface area contributed by atoms with Crippen molar-refractivity contribution in [1.29, 1.82) is 0 Å². The van der Waals surface area contributed by atoms with E-state index in [1.165, 1.54) is 0 Å². The average Bonchev–Trinajstić information content (AvgIpc) is 2.60. The van der Waals surface area contributed by atoms with Gasteiger partial charge in [0.1, 0.15) is 12.4 Å². The summed E-state index contributed by atoms with van der Waals surface area (Å²) in [5.41, 5.74) is 1.75. The molecule has 0 aliphatic rings. The zero-order valence-corrected chi connectivity index (χ0v) is 15.4. The first-order chi connectivity index (χ1) is 11.7. The molecule has 0 aliphatic carbocycles. The highest BCUT2D eigenvalue weighted by Crippen LogP contribution is 2.36. The maximum Gasteiger partial charge on any atom is 0.175 e. The molecule has 0 saturated heterocycles. The van der Waals surface area contributed by atoms with Crippen LogP contribution < -0.4 is 14.2 Å². The summed E-state index contributed by atoms with van der Waals surface area (Å²) in [5, 5.41) is 0. The molecule has 0 fully saturated rings. The average molecular weight is 390 g/mol. The number of benzene rings is 2. The number of hydrogen-bond donors (Lipinski definition) is 0. The second-order valence-electron chi connectivity index (χ2n) is 4.82. The van der Waals surface area contributed by atoms with Gasteiger partial charge in [0.2, 0.25) is 0 Å². The normalized spacial score (nSPS) is 10.6. The van der Waals surface area contributed by atoms with Gasteiger partial charge in [0.25, 0.3) is 0 Å². The second kappa shape index (κ2) is 9.13. The van der Waals surface area contributed by atoms with Crippen LogP contribution in [0.15, 0.2) is 58.5 Å². The predicted octanol–water partition coefficient (Wildman–Crippen LogP) is 5.17. The van der Waals surface area contributed by atoms with E-state index in [2.05, 4.69) is 27.5 Å². The zero-order chi connectivity index (χ0) is 17.4. The molecule has 2 aromatic carbocycles. The highest BCUT2D eigenvalue weighted by molar-refractivity contribution is 9.10. The topological polar surface area (TPSA) is 40.0 Å². The summed E-state index contributed by atoms with van der Waals surface area (Å²) in [5.74, 6) is 2.12. The first-order valence-electron chi connectivity index (χ1n) is 7.56. The molecule has 126 valence electrons. The van der Waals surface area contributed by atoms with Crippen molar-refractivity contribution in [2.75, 3.05) is 20.3 Å². The molecule has 0 heterocycles. The van der Waals surface area contributed by atoms with E-state index in [9.17, 15) is 0 Å². The number of nitrogens with zero attached hydrogens (tertiary/aromatic N) is 1. The standard InChI is InChI=1S/C19H20BrNO3/c1-4-10-24-19-17(20)11-14(12-18(19)22-3)13-21-15-6-8-16(9-7-15)23-5-2/h4,6-9,11-13H,1,5,10H2,2-3H3. The third-order valence-electron chi connectivity index (χ3n) is 3.11. The summed E-state index contributed by atoms with van der Waals surface area (Å²) in [6.45, 7) is 6.67. The summed E-state index contributed by atoms with van der Waals surface area (Å²) in [7, 11) is 1.61. The molecule has 2 aromatic rings. The molecule has 2 rings (SSSR count). The van der Waals surface area contributed by atoms with Gasteiger partial charge in [0.15, 0.2) is 11.5 Å². The minimum Gasteiger partial charge on any atom is -0.494 e.